The number of hydrogen-bond donors (Lipinski definition) is 0. The molecular weight excluding hydrogens is 206 g/mol. The Morgan fingerprint density at radius 1 is 1.56 bits per heavy atom. The zero-order valence-corrected chi connectivity index (χ0v) is 10.3. The van der Waals surface area contributed by atoms with Crippen molar-refractivity contribution < 1.29 is 14.3 Å². The number of amides is 1. The number of allylic oxidation sites excluding steroid dienone is 1. The fraction of sp³-hybridized carbons (Fsp3) is 0.667. The number of nitrogens with zero attached hydrogens (tertiary/aromatic N) is 1. The maximum Gasteiger partial charge on any atom is 0.414 e. The third-order valence-electron chi connectivity index (χ3n) is 2.33. The summed E-state index contributed by atoms with van der Waals surface area (Å²) >= 11 is 0. The van der Waals surface area contributed by atoms with Crippen LogP contribution in [0.25, 0.3) is 0 Å². The Labute approximate surface area is 96.3 Å². The van der Waals surface area contributed by atoms with Crippen molar-refractivity contribution in [1.82, 2.24) is 4.90 Å². The lowest BCUT2D eigenvalue weighted by atomic mass is 10.0. The first-order chi connectivity index (χ1) is 7.33. The predicted molar refractivity (Wildman–Crippen MR) is 60.9 cm³/mol. The van der Waals surface area contributed by atoms with Crippen LogP contribution in [-0.2, 0) is 9.53 Å². The van der Waals surface area contributed by atoms with Gasteiger partial charge in [-0.3, -0.25) is 9.69 Å². The lowest BCUT2D eigenvalue weighted by Crippen LogP contribution is -2.42. The molecule has 0 aliphatic carbocycles. The van der Waals surface area contributed by atoms with Gasteiger partial charge in [0.1, 0.15) is 5.60 Å². The van der Waals surface area contributed by atoms with Crippen molar-refractivity contribution in [3.8, 4) is 0 Å². The van der Waals surface area contributed by atoms with Crippen molar-refractivity contribution in [3.05, 3.63) is 12.3 Å². The van der Waals surface area contributed by atoms with Crippen molar-refractivity contribution in [1.29, 1.82) is 0 Å². The molecule has 4 nitrogen and oxygen atoms in total. The van der Waals surface area contributed by atoms with Crippen LogP contribution < -0.4 is 0 Å². The zero-order chi connectivity index (χ0) is 12.3. The highest BCUT2D eigenvalue weighted by Crippen LogP contribution is 2.19. The third kappa shape index (κ3) is 3.36. The number of hydrogen-bond acceptors (Lipinski definition) is 3. The third-order valence-corrected chi connectivity index (χ3v) is 2.33. The zero-order valence-electron chi connectivity index (χ0n) is 10.3. The van der Waals surface area contributed by atoms with Crippen molar-refractivity contribution in [2.75, 3.05) is 0 Å². The normalized spacial score (nSPS) is 21.1. The van der Waals surface area contributed by atoms with Crippen LogP contribution >= 0.6 is 0 Å². The number of carbonyl (C=O) groups excluding carboxylic acids is 2. The molecule has 0 radical (unpaired) electrons. The van der Waals surface area contributed by atoms with Crippen molar-refractivity contribution in [2.45, 2.75) is 52.2 Å². The number of ether oxygens (including phenoxy) is 1. The van der Waals surface area contributed by atoms with Crippen LogP contribution in [0.2, 0.25) is 0 Å². The van der Waals surface area contributed by atoms with Gasteiger partial charge < -0.3 is 4.74 Å². The maximum atomic E-state index is 11.8. The molecule has 0 aromatic heterocycles. The monoisotopic (exact) mass is 225 g/mol. The summed E-state index contributed by atoms with van der Waals surface area (Å²) in [5.74, 6) is 0.0617. The highest BCUT2D eigenvalue weighted by Gasteiger charge is 2.29. The van der Waals surface area contributed by atoms with E-state index in [0.29, 0.717) is 6.42 Å². The van der Waals surface area contributed by atoms with Crippen LogP contribution in [0.15, 0.2) is 12.3 Å². The van der Waals surface area contributed by atoms with E-state index in [1.165, 1.54) is 17.2 Å². The number of ketones is 1. The highest BCUT2D eigenvalue weighted by atomic mass is 16.6. The average molecular weight is 225 g/mol. The van der Waals surface area contributed by atoms with Gasteiger partial charge in [-0.15, -0.1) is 0 Å². The van der Waals surface area contributed by atoms with Gasteiger partial charge in [0.15, 0.2) is 5.78 Å². The molecule has 0 aromatic rings. The molecule has 0 aromatic carbocycles. The van der Waals surface area contributed by atoms with Crippen LogP contribution in [-0.4, -0.2) is 28.4 Å². The van der Waals surface area contributed by atoms with Crippen LogP contribution in [0.5, 0.6) is 0 Å². The Kier molecular flexibility index (Phi) is 3.73. The van der Waals surface area contributed by atoms with Crippen LogP contribution in [0.4, 0.5) is 4.79 Å². The topological polar surface area (TPSA) is 46.6 Å². The van der Waals surface area contributed by atoms with Gasteiger partial charge in [0.2, 0.25) is 0 Å². The summed E-state index contributed by atoms with van der Waals surface area (Å²) in [6.45, 7) is 7.43. The molecule has 0 saturated heterocycles. The molecule has 1 amide bonds. The predicted octanol–water partition coefficient (Wildman–Crippen LogP) is 2.49. The SMILES string of the molecule is CC[C@@H]1CC(=O)C=CN1C(=O)OC(C)(C)C. The molecule has 0 bridgehead atoms. The lowest BCUT2D eigenvalue weighted by Gasteiger charge is -2.32. The lowest BCUT2D eigenvalue weighted by molar-refractivity contribution is -0.116. The van der Waals surface area contributed by atoms with E-state index >= 15 is 0 Å². The molecule has 1 atom stereocenters. The van der Waals surface area contributed by atoms with Gasteiger partial charge in [-0.05, 0) is 33.3 Å². The van der Waals surface area contributed by atoms with E-state index < -0.39 is 5.60 Å². The van der Waals surface area contributed by atoms with Gasteiger partial charge >= 0.3 is 6.09 Å². The largest absolute Gasteiger partial charge is 0.443 e. The van der Waals surface area contributed by atoms with Gasteiger partial charge in [-0.25, -0.2) is 4.79 Å². The quantitative estimate of drug-likeness (QED) is 0.688. The van der Waals surface area contributed by atoms with Gasteiger partial charge in [0.05, 0.1) is 0 Å². The second-order valence-electron chi connectivity index (χ2n) is 4.94. The van der Waals surface area contributed by atoms with E-state index in [1.807, 2.05) is 27.7 Å². The van der Waals surface area contributed by atoms with Crippen LogP contribution in [0, 0.1) is 0 Å². The minimum Gasteiger partial charge on any atom is -0.443 e. The van der Waals surface area contributed by atoms with Crippen LogP contribution in [0.3, 0.4) is 0 Å². The Morgan fingerprint density at radius 2 is 2.19 bits per heavy atom. The van der Waals surface area contributed by atoms with E-state index in [1.54, 1.807) is 0 Å². The van der Waals surface area contributed by atoms with E-state index in [2.05, 4.69) is 0 Å². The average Bonchev–Trinajstić information content (AvgIpc) is 2.14. The number of rotatable bonds is 1. The standard InChI is InChI=1S/C12H19NO3/c1-5-9-8-10(14)6-7-13(9)11(15)16-12(2,3)4/h6-7,9H,5,8H2,1-4H3/t9-/m1/s1. The molecule has 1 rings (SSSR count). The number of carbonyl (C=O) groups is 2. The van der Waals surface area contributed by atoms with E-state index in [4.69, 9.17) is 4.74 Å². The first kappa shape index (κ1) is 12.7. The molecule has 16 heavy (non-hydrogen) atoms. The van der Waals surface area contributed by atoms with Crippen molar-refractivity contribution >= 4 is 11.9 Å². The first-order valence-corrected chi connectivity index (χ1v) is 5.56. The smallest absolute Gasteiger partial charge is 0.414 e. The second kappa shape index (κ2) is 4.68. The molecular formula is C12H19NO3. The summed E-state index contributed by atoms with van der Waals surface area (Å²) in [5.41, 5.74) is -0.509. The maximum absolute atomic E-state index is 11.8. The van der Waals surface area contributed by atoms with Gasteiger partial charge in [-0.2, -0.15) is 0 Å². The molecule has 0 spiro atoms. The molecule has 4 heteroatoms. The summed E-state index contributed by atoms with van der Waals surface area (Å²) in [6, 6.07) is -0.0765. The fourth-order valence-corrected chi connectivity index (χ4v) is 1.55. The Hall–Kier alpha value is -1.32. The van der Waals surface area contributed by atoms with Gasteiger partial charge in [0.25, 0.3) is 0 Å². The first-order valence-electron chi connectivity index (χ1n) is 5.56. The summed E-state index contributed by atoms with van der Waals surface area (Å²) in [7, 11) is 0. The molecule has 0 N–H and O–H groups in total. The fourth-order valence-electron chi connectivity index (χ4n) is 1.55. The molecule has 1 heterocycles. The Morgan fingerprint density at radius 3 is 2.69 bits per heavy atom. The molecule has 1 aliphatic heterocycles. The molecule has 0 saturated carbocycles. The summed E-state index contributed by atoms with van der Waals surface area (Å²) in [4.78, 5) is 24.6. The Balaban J connectivity index is 2.74. The molecule has 0 unspecified atom stereocenters. The van der Waals surface area contributed by atoms with Crippen molar-refractivity contribution in [3.63, 3.8) is 0 Å². The summed E-state index contributed by atoms with van der Waals surface area (Å²) in [6.07, 6.45) is 3.69. The minimum absolute atomic E-state index is 0.0617. The van der Waals surface area contributed by atoms with E-state index in [0.717, 1.165) is 6.42 Å². The second-order valence-corrected chi connectivity index (χ2v) is 4.94. The summed E-state index contributed by atoms with van der Waals surface area (Å²) < 4.78 is 5.27. The van der Waals surface area contributed by atoms with Crippen LogP contribution in [0.1, 0.15) is 40.5 Å². The van der Waals surface area contributed by atoms with Gasteiger partial charge in [0, 0.05) is 18.7 Å². The minimum atomic E-state index is -0.509. The molecule has 90 valence electrons. The molecule has 1 aliphatic rings. The van der Waals surface area contributed by atoms with E-state index in [9.17, 15) is 9.59 Å². The van der Waals surface area contributed by atoms with E-state index in [-0.39, 0.29) is 17.9 Å². The molecule has 0 fully saturated rings. The highest BCUT2D eigenvalue weighted by molar-refractivity contribution is 5.92. The van der Waals surface area contributed by atoms with Crippen molar-refractivity contribution in [2.24, 2.45) is 0 Å². The van der Waals surface area contributed by atoms with Gasteiger partial charge in [-0.1, -0.05) is 6.92 Å². The Bertz CT molecular complexity index is 315. The summed E-state index contributed by atoms with van der Waals surface area (Å²) in [5, 5.41) is 0.